The van der Waals surface area contributed by atoms with Crippen molar-refractivity contribution in [3.8, 4) is 62.2 Å². The van der Waals surface area contributed by atoms with Crippen molar-refractivity contribution in [2.75, 3.05) is 0 Å². The summed E-state index contributed by atoms with van der Waals surface area (Å²) in [7, 11) is 0. The third-order valence-electron chi connectivity index (χ3n) is 10.5. The maximum atomic E-state index is 9.87. The molecule has 3 heteroatoms. The molecule has 0 N–H and O–H groups in total. The summed E-state index contributed by atoms with van der Waals surface area (Å²) in [4.78, 5) is 10.5. The Labute approximate surface area is 281 Å². The van der Waals surface area contributed by atoms with E-state index >= 15 is 0 Å². The fraction of sp³-hybridized carbons (Fsp3) is 0.133. The molecular weight excluding hydrogens is 583 g/mol. The first-order chi connectivity index (χ1) is 23.7. The molecule has 1 saturated carbocycles. The van der Waals surface area contributed by atoms with E-state index in [2.05, 4.69) is 133 Å². The van der Waals surface area contributed by atoms with Gasteiger partial charge in [-0.3, -0.25) is 0 Å². The zero-order valence-electron chi connectivity index (χ0n) is 26.7. The van der Waals surface area contributed by atoms with E-state index in [0.29, 0.717) is 5.82 Å². The molecule has 228 valence electrons. The van der Waals surface area contributed by atoms with Crippen molar-refractivity contribution in [2.45, 2.75) is 37.5 Å². The standard InChI is InChI=1S/C45H33N3/c46-29-30-20-23-38-40(26-30)45(24-9-2-10-25-45)39-19-11-18-36(43(38)39)35-16-7-8-17-37(35)44-47-41(32-13-3-1-4-14-32)28-42(48-44)34-22-21-31-12-5-6-15-33(31)27-34/h1,3-8,11-23,26-28H,2,9-10,24-25H2. The Morgan fingerprint density at radius 2 is 1.21 bits per heavy atom. The van der Waals surface area contributed by atoms with Crippen LogP contribution in [0, 0.1) is 11.3 Å². The molecule has 0 atom stereocenters. The number of aromatic nitrogens is 2. The van der Waals surface area contributed by atoms with E-state index in [-0.39, 0.29) is 5.41 Å². The Balaban J connectivity index is 1.27. The summed E-state index contributed by atoms with van der Waals surface area (Å²) in [5.41, 5.74) is 13.2. The Morgan fingerprint density at radius 3 is 2.02 bits per heavy atom. The molecule has 0 saturated heterocycles. The van der Waals surface area contributed by atoms with Crippen molar-refractivity contribution in [1.82, 2.24) is 9.97 Å². The molecule has 0 radical (unpaired) electrons. The smallest absolute Gasteiger partial charge is 0.161 e. The lowest BCUT2D eigenvalue weighted by Crippen LogP contribution is -2.28. The summed E-state index contributed by atoms with van der Waals surface area (Å²) in [6.07, 6.45) is 5.90. The van der Waals surface area contributed by atoms with Crippen LogP contribution >= 0.6 is 0 Å². The molecule has 1 heterocycles. The summed E-state index contributed by atoms with van der Waals surface area (Å²) >= 11 is 0. The van der Waals surface area contributed by atoms with Gasteiger partial charge in [0.05, 0.1) is 23.0 Å². The number of benzene rings is 6. The molecule has 9 rings (SSSR count). The molecule has 0 aliphatic heterocycles. The van der Waals surface area contributed by atoms with Crippen molar-refractivity contribution in [3.63, 3.8) is 0 Å². The average Bonchev–Trinajstić information content (AvgIpc) is 3.43. The number of nitrogens with zero attached hydrogens (tertiary/aromatic N) is 3. The molecule has 0 amide bonds. The molecule has 1 fully saturated rings. The summed E-state index contributed by atoms with van der Waals surface area (Å²) < 4.78 is 0. The first-order valence-electron chi connectivity index (χ1n) is 16.9. The Bertz CT molecular complexity index is 2390. The molecule has 6 aromatic carbocycles. The minimum atomic E-state index is -0.0479. The van der Waals surface area contributed by atoms with Crippen LogP contribution in [0.1, 0.15) is 48.8 Å². The maximum Gasteiger partial charge on any atom is 0.161 e. The summed E-state index contributed by atoms with van der Waals surface area (Å²) in [5.74, 6) is 0.707. The van der Waals surface area contributed by atoms with Gasteiger partial charge in [-0.15, -0.1) is 0 Å². The normalized spacial score (nSPS) is 14.4. The minimum absolute atomic E-state index is 0.0479. The molecule has 7 aromatic rings. The van der Waals surface area contributed by atoms with Gasteiger partial charge in [-0.05, 0) is 81.3 Å². The lowest BCUT2D eigenvalue weighted by Gasteiger charge is -2.36. The monoisotopic (exact) mass is 615 g/mol. The highest BCUT2D eigenvalue weighted by atomic mass is 14.9. The molecule has 1 aromatic heterocycles. The largest absolute Gasteiger partial charge is 0.228 e. The molecule has 3 nitrogen and oxygen atoms in total. The summed E-state index contributed by atoms with van der Waals surface area (Å²) in [6.45, 7) is 0. The van der Waals surface area contributed by atoms with Crippen LogP contribution in [0.2, 0.25) is 0 Å². The first kappa shape index (κ1) is 28.4. The second-order valence-corrected chi connectivity index (χ2v) is 13.2. The average molecular weight is 616 g/mol. The molecular formula is C45H33N3. The number of rotatable bonds is 4. The van der Waals surface area contributed by atoms with Crippen LogP contribution in [0.3, 0.4) is 0 Å². The van der Waals surface area contributed by atoms with Crippen LogP contribution in [0.4, 0.5) is 0 Å². The third kappa shape index (κ3) is 4.56. The van der Waals surface area contributed by atoms with Crippen LogP contribution in [0.15, 0.2) is 140 Å². The second-order valence-electron chi connectivity index (χ2n) is 13.2. The third-order valence-corrected chi connectivity index (χ3v) is 10.5. The van der Waals surface area contributed by atoms with E-state index in [1.165, 1.54) is 57.9 Å². The van der Waals surface area contributed by atoms with Crippen molar-refractivity contribution in [3.05, 3.63) is 156 Å². The Morgan fingerprint density at radius 1 is 0.500 bits per heavy atom. The fourth-order valence-corrected chi connectivity index (χ4v) is 8.27. The van der Waals surface area contributed by atoms with Gasteiger partial charge < -0.3 is 0 Å². The molecule has 0 bridgehead atoms. The van der Waals surface area contributed by atoms with Gasteiger partial charge in [0.2, 0.25) is 0 Å². The van der Waals surface area contributed by atoms with Gasteiger partial charge in [0.25, 0.3) is 0 Å². The number of hydrogen-bond acceptors (Lipinski definition) is 3. The van der Waals surface area contributed by atoms with E-state index < -0.39 is 0 Å². The number of fused-ring (bicyclic) bond motifs is 6. The highest BCUT2D eigenvalue weighted by Crippen LogP contribution is 2.58. The molecule has 2 aliphatic rings. The zero-order chi connectivity index (χ0) is 32.1. The predicted octanol–water partition coefficient (Wildman–Crippen LogP) is 11.4. The lowest BCUT2D eigenvalue weighted by atomic mass is 9.67. The zero-order valence-corrected chi connectivity index (χ0v) is 26.7. The summed E-state index contributed by atoms with van der Waals surface area (Å²) in [5, 5.41) is 12.3. The van der Waals surface area contributed by atoms with Gasteiger partial charge in [-0.25, -0.2) is 9.97 Å². The van der Waals surface area contributed by atoms with Gasteiger partial charge >= 0.3 is 0 Å². The van der Waals surface area contributed by atoms with Crippen LogP contribution < -0.4 is 0 Å². The Kier molecular flexibility index (Phi) is 6.76. The number of hydrogen-bond donors (Lipinski definition) is 0. The van der Waals surface area contributed by atoms with Gasteiger partial charge in [-0.2, -0.15) is 5.26 Å². The van der Waals surface area contributed by atoms with Crippen molar-refractivity contribution in [1.29, 1.82) is 5.26 Å². The van der Waals surface area contributed by atoms with Gasteiger partial charge in [0.15, 0.2) is 5.82 Å². The Hall–Kier alpha value is -5.85. The van der Waals surface area contributed by atoms with Crippen LogP contribution in [0.5, 0.6) is 0 Å². The maximum absolute atomic E-state index is 9.87. The van der Waals surface area contributed by atoms with Gasteiger partial charge in [0, 0.05) is 22.1 Å². The highest BCUT2D eigenvalue weighted by Gasteiger charge is 2.44. The van der Waals surface area contributed by atoms with Crippen molar-refractivity contribution in [2.24, 2.45) is 0 Å². The van der Waals surface area contributed by atoms with Gasteiger partial charge in [0.1, 0.15) is 0 Å². The minimum Gasteiger partial charge on any atom is -0.228 e. The van der Waals surface area contributed by atoms with Crippen LogP contribution in [-0.2, 0) is 5.41 Å². The van der Waals surface area contributed by atoms with Crippen LogP contribution in [-0.4, -0.2) is 9.97 Å². The van der Waals surface area contributed by atoms with Crippen molar-refractivity contribution >= 4 is 10.8 Å². The molecule has 2 aliphatic carbocycles. The van der Waals surface area contributed by atoms with Crippen molar-refractivity contribution < 1.29 is 0 Å². The van der Waals surface area contributed by atoms with E-state index in [1.54, 1.807) is 0 Å². The summed E-state index contributed by atoms with van der Waals surface area (Å²) in [6, 6.07) is 51.7. The molecule has 48 heavy (non-hydrogen) atoms. The van der Waals surface area contributed by atoms with Gasteiger partial charge in [-0.1, -0.05) is 135 Å². The molecule has 0 unspecified atom stereocenters. The van der Waals surface area contributed by atoms with E-state index in [9.17, 15) is 5.26 Å². The predicted molar refractivity (Wildman–Crippen MR) is 195 cm³/mol. The first-order valence-corrected chi connectivity index (χ1v) is 16.9. The number of nitriles is 1. The van der Waals surface area contributed by atoms with E-state index in [4.69, 9.17) is 9.97 Å². The lowest BCUT2D eigenvalue weighted by molar-refractivity contribution is 0.353. The topological polar surface area (TPSA) is 49.6 Å². The van der Waals surface area contributed by atoms with E-state index in [1.807, 2.05) is 12.1 Å². The second kappa shape index (κ2) is 11.4. The van der Waals surface area contributed by atoms with E-state index in [0.717, 1.165) is 52.0 Å². The quantitative estimate of drug-likeness (QED) is 0.198. The highest BCUT2D eigenvalue weighted by molar-refractivity contribution is 5.97. The SMILES string of the molecule is N#Cc1ccc2c(c1)C1(CCCCC1)c1cccc(-c3ccccc3-c3nc(-c4ccccc4)cc(-c4ccc5ccccc5c4)n3)c1-2. The van der Waals surface area contributed by atoms with Crippen LogP contribution in [0.25, 0.3) is 66.9 Å². The fourth-order valence-electron chi connectivity index (χ4n) is 8.27. The molecule has 1 spiro atoms.